The summed E-state index contributed by atoms with van der Waals surface area (Å²) >= 11 is 3.32. The van der Waals surface area contributed by atoms with E-state index in [1.807, 2.05) is 12.1 Å². The second-order valence-corrected chi connectivity index (χ2v) is 6.89. The highest BCUT2D eigenvalue weighted by Gasteiger charge is 2.23. The minimum Gasteiger partial charge on any atom is -0.482 e. The first-order valence-electron chi connectivity index (χ1n) is 7.62. The smallest absolute Gasteiger partial charge is 0.344 e. The summed E-state index contributed by atoms with van der Waals surface area (Å²) in [5, 5.41) is 2.82. The van der Waals surface area contributed by atoms with Crippen LogP contribution in [0.2, 0.25) is 0 Å². The summed E-state index contributed by atoms with van der Waals surface area (Å²) in [6.45, 7) is 3.38. The Hall–Kier alpha value is -2.12. The van der Waals surface area contributed by atoms with E-state index in [9.17, 15) is 9.59 Å². The van der Waals surface area contributed by atoms with Gasteiger partial charge in [0.05, 0.1) is 5.54 Å². The van der Waals surface area contributed by atoms with Crippen molar-refractivity contribution in [1.82, 2.24) is 10.3 Å². The fourth-order valence-corrected chi connectivity index (χ4v) is 2.16. The zero-order valence-electron chi connectivity index (χ0n) is 14.4. The Morgan fingerprint density at radius 3 is 2.35 bits per heavy atom. The van der Waals surface area contributed by atoms with Crippen LogP contribution in [0.25, 0.3) is 0 Å². The van der Waals surface area contributed by atoms with Gasteiger partial charge in [0, 0.05) is 22.4 Å². The van der Waals surface area contributed by atoms with E-state index in [-0.39, 0.29) is 31.5 Å². The van der Waals surface area contributed by atoms with E-state index in [0.29, 0.717) is 11.3 Å². The van der Waals surface area contributed by atoms with Crippen molar-refractivity contribution < 1.29 is 19.1 Å². The molecule has 6 nitrogen and oxygen atoms in total. The first-order chi connectivity index (χ1) is 11.9. The van der Waals surface area contributed by atoms with Gasteiger partial charge in [-0.3, -0.25) is 9.78 Å². The quantitative estimate of drug-likeness (QED) is 0.664. The predicted octanol–water partition coefficient (Wildman–Crippen LogP) is 3.40. The van der Waals surface area contributed by atoms with Gasteiger partial charge in [-0.25, -0.2) is 4.79 Å². The molecule has 0 bridgehead atoms. The van der Waals surface area contributed by atoms with Crippen LogP contribution in [0.4, 0.5) is 0 Å². The molecule has 1 heterocycles. The number of halogens is 2. The van der Waals surface area contributed by atoms with E-state index >= 15 is 0 Å². The van der Waals surface area contributed by atoms with Gasteiger partial charge in [-0.1, -0.05) is 15.9 Å². The summed E-state index contributed by atoms with van der Waals surface area (Å²) in [5.74, 6) is -0.186. The lowest BCUT2D eigenvalue weighted by Gasteiger charge is -2.25. The lowest BCUT2D eigenvalue weighted by molar-refractivity contribution is -0.147. The number of carbonyl (C=O) groups excluding carboxylic acids is 2. The molecule has 140 valence electrons. The van der Waals surface area contributed by atoms with Crippen molar-refractivity contribution in [3.05, 3.63) is 58.8 Å². The number of hydrogen-bond acceptors (Lipinski definition) is 5. The molecular weight excluding hydrogens is 424 g/mol. The average molecular weight is 444 g/mol. The monoisotopic (exact) mass is 442 g/mol. The second kappa shape index (κ2) is 10.1. The molecular formula is C18H20BrClN2O4. The third-order valence-corrected chi connectivity index (χ3v) is 3.69. The number of esters is 1. The van der Waals surface area contributed by atoms with E-state index in [1.54, 1.807) is 50.5 Å². The average Bonchev–Trinajstić information content (AvgIpc) is 2.60. The van der Waals surface area contributed by atoms with Crippen LogP contribution in [-0.4, -0.2) is 35.6 Å². The van der Waals surface area contributed by atoms with Crippen molar-refractivity contribution in [2.75, 3.05) is 13.2 Å². The topological polar surface area (TPSA) is 77.5 Å². The van der Waals surface area contributed by atoms with Crippen molar-refractivity contribution in [1.29, 1.82) is 0 Å². The molecule has 26 heavy (non-hydrogen) atoms. The molecule has 1 aromatic carbocycles. The number of nitrogens with zero attached hydrogens (tertiary/aromatic N) is 1. The van der Waals surface area contributed by atoms with Gasteiger partial charge in [-0.2, -0.15) is 0 Å². The molecule has 0 saturated carbocycles. The summed E-state index contributed by atoms with van der Waals surface area (Å²) in [5.41, 5.74) is -0.221. The number of amides is 1. The summed E-state index contributed by atoms with van der Waals surface area (Å²) in [6, 6.07) is 10.4. The highest BCUT2D eigenvalue weighted by atomic mass is 79.9. The van der Waals surface area contributed by atoms with Crippen LogP contribution in [0.3, 0.4) is 0 Å². The van der Waals surface area contributed by atoms with E-state index in [1.165, 1.54) is 0 Å². The Morgan fingerprint density at radius 1 is 1.12 bits per heavy atom. The minimum absolute atomic E-state index is 0. The largest absolute Gasteiger partial charge is 0.482 e. The summed E-state index contributed by atoms with van der Waals surface area (Å²) in [4.78, 5) is 27.8. The van der Waals surface area contributed by atoms with Crippen LogP contribution in [0, 0.1) is 0 Å². The van der Waals surface area contributed by atoms with Gasteiger partial charge in [-0.15, -0.1) is 12.4 Å². The van der Waals surface area contributed by atoms with Gasteiger partial charge < -0.3 is 14.8 Å². The molecule has 1 amide bonds. The standard InChI is InChI=1S/C18H19BrN2O4.ClH/c1-18(2,21-17(23)13-7-9-20-10-8-13)12-25-16(22)11-24-15-5-3-14(19)4-6-15;/h3-10H,11-12H2,1-2H3,(H,21,23);1H. The minimum atomic E-state index is -0.715. The molecule has 0 radical (unpaired) electrons. The number of pyridine rings is 1. The van der Waals surface area contributed by atoms with Crippen LogP contribution >= 0.6 is 28.3 Å². The first kappa shape index (κ1) is 21.9. The van der Waals surface area contributed by atoms with Gasteiger partial charge in [0.2, 0.25) is 0 Å². The van der Waals surface area contributed by atoms with Crippen LogP contribution < -0.4 is 10.1 Å². The third-order valence-electron chi connectivity index (χ3n) is 3.16. The molecule has 0 spiro atoms. The Bertz CT molecular complexity index is 724. The third kappa shape index (κ3) is 7.41. The van der Waals surface area contributed by atoms with Gasteiger partial charge in [0.25, 0.3) is 5.91 Å². The normalized spacial score (nSPS) is 10.4. The molecule has 0 aliphatic carbocycles. The van der Waals surface area contributed by atoms with Crippen LogP contribution in [0.15, 0.2) is 53.3 Å². The van der Waals surface area contributed by atoms with Crippen LogP contribution in [0.1, 0.15) is 24.2 Å². The van der Waals surface area contributed by atoms with Gasteiger partial charge in [-0.05, 0) is 50.2 Å². The second-order valence-electron chi connectivity index (χ2n) is 5.98. The molecule has 8 heteroatoms. The maximum absolute atomic E-state index is 12.1. The molecule has 0 aliphatic heterocycles. The zero-order valence-corrected chi connectivity index (χ0v) is 16.8. The summed E-state index contributed by atoms with van der Waals surface area (Å²) < 4.78 is 11.5. The molecule has 0 unspecified atom stereocenters. The van der Waals surface area contributed by atoms with Gasteiger partial charge in [0.1, 0.15) is 12.4 Å². The Kier molecular flexibility index (Phi) is 8.54. The SMILES string of the molecule is CC(C)(COC(=O)COc1ccc(Br)cc1)NC(=O)c1ccncc1.Cl. The number of carbonyl (C=O) groups is 2. The Balaban J connectivity index is 0.00000338. The lowest BCUT2D eigenvalue weighted by atomic mass is 10.1. The molecule has 1 aromatic heterocycles. The van der Waals surface area contributed by atoms with Crippen molar-refractivity contribution >= 4 is 40.2 Å². The van der Waals surface area contributed by atoms with Gasteiger partial charge >= 0.3 is 5.97 Å². The Labute approximate surface area is 166 Å². The van der Waals surface area contributed by atoms with Gasteiger partial charge in [0.15, 0.2) is 6.61 Å². The molecule has 0 fully saturated rings. The van der Waals surface area contributed by atoms with Crippen molar-refractivity contribution in [2.45, 2.75) is 19.4 Å². The van der Waals surface area contributed by atoms with Crippen LogP contribution in [0.5, 0.6) is 5.75 Å². The van der Waals surface area contributed by atoms with Crippen molar-refractivity contribution in [2.24, 2.45) is 0 Å². The number of hydrogen-bond donors (Lipinski definition) is 1. The van der Waals surface area contributed by atoms with Crippen molar-refractivity contribution in [3.8, 4) is 5.75 Å². The molecule has 1 N–H and O–H groups in total. The van der Waals surface area contributed by atoms with Crippen molar-refractivity contribution in [3.63, 3.8) is 0 Å². The van der Waals surface area contributed by atoms with Crippen LogP contribution in [-0.2, 0) is 9.53 Å². The van der Waals surface area contributed by atoms with E-state index in [2.05, 4.69) is 26.2 Å². The fourth-order valence-electron chi connectivity index (χ4n) is 1.89. The predicted molar refractivity (Wildman–Crippen MR) is 104 cm³/mol. The van der Waals surface area contributed by atoms with E-state index in [0.717, 1.165) is 4.47 Å². The molecule has 0 saturated heterocycles. The zero-order chi connectivity index (χ0) is 18.3. The number of rotatable bonds is 7. The summed E-state index contributed by atoms with van der Waals surface area (Å²) in [7, 11) is 0. The first-order valence-corrected chi connectivity index (χ1v) is 8.41. The summed E-state index contributed by atoms with van der Waals surface area (Å²) in [6.07, 6.45) is 3.09. The number of benzene rings is 1. The maximum atomic E-state index is 12.1. The highest BCUT2D eigenvalue weighted by Crippen LogP contribution is 2.16. The molecule has 2 rings (SSSR count). The molecule has 2 aromatic rings. The number of nitrogens with one attached hydrogen (secondary N) is 1. The lowest BCUT2D eigenvalue weighted by Crippen LogP contribution is -2.47. The number of ether oxygens (including phenoxy) is 2. The maximum Gasteiger partial charge on any atom is 0.344 e. The van der Waals surface area contributed by atoms with E-state index in [4.69, 9.17) is 9.47 Å². The number of aromatic nitrogens is 1. The highest BCUT2D eigenvalue weighted by molar-refractivity contribution is 9.10. The van der Waals surface area contributed by atoms with E-state index < -0.39 is 11.5 Å². The fraction of sp³-hybridized carbons (Fsp3) is 0.278. The molecule has 0 aliphatic rings. The molecule has 0 atom stereocenters. The Morgan fingerprint density at radius 2 is 1.73 bits per heavy atom.